The monoisotopic (exact) mass is 628 g/mol. The number of hydrogen-bond acceptors (Lipinski definition) is 6. The van der Waals surface area contributed by atoms with E-state index < -0.39 is 0 Å². The standard InChI is InChI=1S/C34H34Cl2N6O2/c1-37-16-22-19-42(2)29-15-20(7-10-24(22)29)33-32(36)26(13-14-39-33)25-5-4-6-27(31(25)35)28-11-8-21(34(41-28)44-3)17-38-18-23-9-12-30(43)40-23/h4-8,10-11,13-15,19,23,37-38H,9,12,16-18H2,1-3H3,(H,40,43)/t23-/m0/s1. The molecule has 3 N–H and O–H groups in total. The Morgan fingerprint density at radius 3 is 2.61 bits per heavy atom. The van der Waals surface area contributed by atoms with Gasteiger partial charge in [0.15, 0.2) is 0 Å². The summed E-state index contributed by atoms with van der Waals surface area (Å²) < 4.78 is 7.77. The van der Waals surface area contributed by atoms with Crippen LogP contribution in [-0.2, 0) is 24.9 Å². The Kier molecular flexibility index (Phi) is 8.86. The highest BCUT2D eigenvalue weighted by molar-refractivity contribution is 6.39. The van der Waals surface area contributed by atoms with Crippen LogP contribution in [0.5, 0.6) is 5.88 Å². The lowest BCUT2D eigenvalue weighted by atomic mass is 9.99. The molecule has 0 spiro atoms. The summed E-state index contributed by atoms with van der Waals surface area (Å²) in [5.74, 6) is 0.626. The summed E-state index contributed by atoms with van der Waals surface area (Å²) in [6, 6.07) is 18.1. The molecule has 1 atom stereocenters. The number of ether oxygens (including phenoxy) is 1. The molecule has 226 valence electrons. The molecule has 0 radical (unpaired) electrons. The third-order valence-corrected chi connectivity index (χ3v) is 8.88. The van der Waals surface area contributed by atoms with Gasteiger partial charge in [-0.1, -0.05) is 59.6 Å². The molecule has 4 heterocycles. The summed E-state index contributed by atoms with van der Waals surface area (Å²) >= 11 is 14.1. The number of rotatable bonds is 10. The van der Waals surface area contributed by atoms with Gasteiger partial charge in [0.2, 0.25) is 11.8 Å². The molecule has 6 rings (SSSR count). The second kappa shape index (κ2) is 13.0. The molecule has 2 aromatic carbocycles. The molecule has 10 heteroatoms. The minimum atomic E-state index is 0.108. The van der Waals surface area contributed by atoms with Crippen LogP contribution >= 0.6 is 23.2 Å². The zero-order chi connectivity index (χ0) is 30.8. The minimum Gasteiger partial charge on any atom is -0.481 e. The molecule has 0 saturated carbocycles. The molecule has 1 aliphatic rings. The number of aromatic nitrogens is 3. The fourth-order valence-electron chi connectivity index (χ4n) is 5.88. The van der Waals surface area contributed by atoms with Crippen molar-refractivity contribution in [1.82, 2.24) is 30.5 Å². The number of benzene rings is 2. The quantitative estimate of drug-likeness (QED) is 0.166. The third kappa shape index (κ3) is 5.90. The van der Waals surface area contributed by atoms with Gasteiger partial charge >= 0.3 is 0 Å². The molecule has 0 aliphatic carbocycles. The van der Waals surface area contributed by atoms with E-state index in [0.717, 1.165) is 46.3 Å². The summed E-state index contributed by atoms with van der Waals surface area (Å²) in [7, 11) is 5.60. The summed E-state index contributed by atoms with van der Waals surface area (Å²) in [4.78, 5) is 20.9. The van der Waals surface area contributed by atoms with Gasteiger partial charge in [-0.2, -0.15) is 0 Å². The van der Waals surface area contributed by atoms with Crippen LogP contribution in [0.1, 0.15) is 24.0 Å². The molecule has 8 nitrogen and oxygen atoms in total. The Morgan fingerprint density at radius 1 is 1.02 bits per heavy atom. The van der Waals surface area contributed by atoms with E-state index >= 15 is 0 Å². The molecule has 3 aromatic heterocycles. The Bertz CT molecular complexity index is 1850. The van der Waals surface area contributed by atoms with Crippen LogP contribution in [0.15, 0.2) is 67.0 Å². The van der Waals surface area contributed by atoms with Gasteiger partial charge in [0.25, 0.3) is 0 Å². The third-order valence-electron chi connectivity index (χ3n) is 8.09. The molecule has 44 heavy (non-hydrogen) atoms. The highest BCUT2D eigenvalue weighted by Crippen LogP contribution is 2.42. The maximum absolute atomic E-state index is 11.5. The Balaban J connectivity index is 1.29. The number of hydrogen-bond donors (Lipinski definition) is 3. The van der Waals surface area contributed by atoms with Crippen molar-refractivity contribution in [3.05, 3.63) is 88.2 Å². The number of amides is 1. The van der Waals surface area contributed by atoms with E-state index in [1.165, 1.54) is 10.9 Å². The van der Waals surface area contributed by atoms with Crippen molar-refractivity contribution in [2.75, 3.05) is 20.7 Å². The number of nitrogens with zero attached hydrogens (tertiary/aromatic N) is 3. The van der Waals surface area contributed by atoms with Gasteiger partial charge in [0.1, 0.15) is 0 Å². The lowest BCUT2D eigenvalue weighted by molar-refractivity contribution is -0.119. The number of aryl methyl sites for hydroxylation is 1. The average molecular weight is 630 g/mol. The Morgan fingerprint density at radius 2 is 1.84 bits per heavy atom. The van der Waals surface area contributed by atoms with E-state index in [2.05, 4.69) is 49.9 Å². The van der Waals surface area contributed by atoms with E-state index in [4.69, 9.17) is 32.9 Å². The number of carbonyl (C=O) groups is 1. The first-order chi connectivity index (χ1) is 21.4. The van der Waals surface area contributed by atoms with E-state index in [1.807, 2.05) is 50.5 Å². The van der Waals surface area contributed by atoms with Gasteiger partial charge in [-0.3, -0.25) is 9.78 Å². The molecule has 1 amide bonds. The fourth-order valence-corrected chi connectivity index (χ4v) is 6.53. The fraction of sp³-hybridized carbons (Fsp3) is 0.265. The van der Waals surface area contributed by atoms with Crippen molar-refractivity contribution in [2.45, 2.75) is 32.0 Å². The summed E-state index contributed by atoms with van der Waals surface area (Å²) in [5, 5.41) is 11.9. The predicted molar refractivity (Wildman–Crippen MR) is 177 cm³/mol. The highest BCUT2D eigenvalue weighted by Gasteiger charge is 2.21. The first-order valence-corrected chi connectivity index (χ1v) is 15.3. The summed E-state index contributed by atoms with van der Waals surface area (Å²) in [5.41, 5.74) is 7.93. The molecule has 1 aliphatic heterocycles. The zero-order valence-electron chi connectivity index (χ0n) is 24.9. The summed E-state index contributed by atoms with van der Waals surface area (Å²) in [6.07, 6.45) is 5.34. The number of pyridine rings is 2. The summed E-state index contributed by atoms with van der Waals surface area (Å²) in [6.45, 7) is 2.05. The van der Waals surface area contributed by atoms with Crippen LogP contribution in [0.3, 0.4) is 0 Å². The minimum absolute atomic E-state index is 0.108. The van der Waals surface area contributed by atoms with Gasteiger partial charge in [0.05, 0.1) is 28.5 Å². The first kappa shape index (κ1) is 30.1. The second-order valence-corrected chi connectivity index (χ2v) is 11.8. The molecular formula is C34H34Cl2N6O2. The maximum atomic E-state index is 11.5. The lowest BCUT2D eigenvalue weighted by Crippen LogP contribution is -2.35. The van der Waals surface area contributed by atoms with Crippen LogP contribution in [0.4, 0.5) is 0 Å². The smallest absolute Gasteiger partial charge is 0.220 e. The second-order valence-electron chi connectivity index (χ2n) is 11.0. The van der Waals surface area contributed by atoms with E-state index in [9.17, 15) is 4.79 Å². The van der Waals surface area contributed by atoms with E-state index in [0.29, 0.717) is 46.8 Å². The predicted octanol–water partition coefficient (Wildman–Crippen LogP) is 6.37. The topological polar surface area (TPSA) is 93.1 Å². The Labute approximate surface area is 266 Å². The van der Waals surface area contributed by atoms with Crippen LogP contribution in [-0.4, -0.2) is 47.2 Å². The number of methoxy groups -OCH3 is 1. The van der Waals surface area contributed by atoms with Gasteiger partial charge in [-0.05, 0) is 37.2 Å². The van der Waals surface area contributed by atoms with Gasteiger partial charge in [0, 0.05) is 90.3 Å². The average Bonchev–Trinajstić information content (AvgIpc) is 3.59. The number of halogens is 2. The van der Waals surface area contributed by atoms with Crippen LogP contribution < -0.4 is 20.7 Å². The van der Waals surface area contributed by atoms with Gasteiger partial charge in [-0.15, -0.1) is 0 Å². The largest absolute Gasteiger partial charge is 0.481 e. The zero-order valence-corrected chi connectivity index (χ0v) is 26.4. The SMILES string of the molecule is CNCc1cn(C)c2cc(-c3nccc(-c4cccc(-c5ccc(CNC[C@@H]6CCC(=O)N6)c(OC)n5)c4Cl)c3Cl)ccc12. The molecular weight excluding hydrogens is 595 g/mol. The highest BCUT2D eigenvalue weighted by atomic mass is 35.5. The number of nitrogens with one attached hydrogen (secondary N) is 3. The molecule has 1 saturated heterocycles. The lowest BCUT2D eigenvalue weighted by Gasteiger charge is -2.15. The Hall–Kier alpha value is -3.95. The normalized spacial score (nSPS) is 14.8. The van der Waals surface area contributed by atoms with Crippen molar-refractivity contribution in [3.63, 3.8) is 0 Å². The van der Waals surface area contributed by atoms with Crippen LogP contribution in [0.25, 0.3) is 44.5 Å². The molecule has 1 fully saturated rings. The van der Waals surface area contributed by atoms with Gasteiger partial charge < -0.3 is 25.3 Å². The van der Waals surface area contributed by atoms with Crippen molar-refractivity contribution in [3.8, 4) is 39.5 Å². The van der Waals surface area contributed by atoms with Crippen molar-refractivity contribution in [1.29, 1.82) is 0 Å². The van der Waals surface area contributed by atoms with Crippen LogP contribution in [0, 0.1) is 0 Å². The molecule has 0 unspecified atom stereocenters. The van der Waals surface area contributed by atoms with E-state index in [1.54, 1.807) is 13.3 Å². The van der Waals surface area contributed by atoms with E-state index in [-0.39, 0.29) is 11.9 Å². The van der Waals surface area contributed by atoms with Crippen molar-refractivity contribution >= 4 is 40.0 Å². The number of fused-ring (bicyclic) bond motifs is 1. The van der Waals surface area contributed by atoms with Gasteiger partial charge in [-0.25, -0.2) is 4.98 Å². The van der Waals surface area contributed by atoms with Crippen molar-refractivity contribution in [2.24, 2.45) is 7.05 Å². The molecule has 5 aromatic rings. The maximum Gasteiger partial charge on any atom is 0.220 e. The van der Waals surface area contributed by atoms with Crippen LogP contribution in [0.2, 0.25) is 10.0 Å². The van der Waals surface area contributed by atoms with Crippen molar-refractivity contribution < 1.29 is 9.53 Å². The first-order valence-electron chi connectivity index (χ1n) is 14.6. The molecule has 0 bridgehead atoms. The number of carbonyl (C=O) groups excluding carboxylic acids is 1.